The van der Waals surface area contributed by atoms with Crippen molar-refractivity contribution >= 4 is 43.1 Å². The summed E-state index contributed by atoms with van der Waals surface area (Å²) in [6.07, 6.45) is 4.59. The molecule has 0 unspecified atom stereocenters. The van der Waals surface area contributed by atoms with E-state index in [1.807, 2.05) is 12.1 Å². The Labute approximate surface area is 187 Å². The monoisotopic (exact) mass is 431 g/mol. The first-order valence-electron chi connectivity index (χ1n) is 9.01. The van der Waals surface area contributed by atoms with Gasteiger partial charge in [-0.2, -0.15) is 23.8 Å². The maximum atomic E-state index is 5.16. The molecule has 0 spiro atoms. The Morgan fingerprint density at radius 2 is 1.21 bits per heavy atom. The van der Waals surface area contributed by atoms with Gasteiger partial charge in [-0.15, -0.1) is 16.8 Å². The molecule has 0 atom stereocenters. The maximum Gasteiger partial charge on any atom is 0 e. The van der Waals surface area contributed by atoms with Crippen LogP contribution in [0.15, 0.2) is 89.5 Å². The molecule has 0 amide bonds. The quantitative estimate of drug-likeness (QED) is 0.199. The van der Waals surface area contributed by atoms with Gasteiger partial charge in [0, 0.05) is 32.7 Å². The molecule has 0 saturated carbocycles. The van der Waals surface area contributed by atoms with Gasteiger partial charge in [0.25, 0.3) is 0 Å². The Kier molecular flexibility index (Phi) is 4.31. The molecule has 0 saturated heterocycles. The molecule has 1 heterocycles. The van der Waals surface area contributed by atoms with E-state index >= 15 is 0 Å². The summed E-state index contributed by atoms with van der Waals surface area (Å²) in [6.45, 7) is 0. The van der Waals surface area contributed by atoms with E-state index in [1.165, 1.54) is 43.1 Å². The first-order valence-corrected chi connectivity index (χ1v) is 9.01. The van der Waals surface area contributed by atoms with Crippen LogP contribution in [0.1, 0.15) is 0 Å². The van der Waals surface area contributed by atoms with Crippen LogP contribution in [-0.2, 0) is 32.7 Å². The fourth-order valence-electron chi connectivity index (χ4n) is 4.00. The van der Waals surface area contributed by atoms with Crippen molar-refractivity contribution in [3.8, 4) is 11.1 Å². The summed E-state index contributed by atoms with van der Waals surface area (Å²) < 4.78 is 5.16. The molecule has 2 heteroatoms. The van der Waals surface area contributed by atoms with Crippen molar-refractivity contribution in [2.75, 3.05) is 0 Å². The summed E-state index contributed by atoms with van der Waals surface area (Å²) in [7, 11) is 0. The van der Waals surface area contributed by atoms with E-state index in [4.69, 9.17) is 4.42 Å². The van der Waals surface area contributed by atoms with Gasteiger partial charge < -0.3 is 4.42 Å². The molecule has 28 heavy (non-hydrogen) atoms. The SMILES string of the molecule is [Y].[c-]1occc1-c1[c-]ccc2cc3cc4cc5ccccc5cc4cc3cc12. The Morgan fingerprint density at radius 3 is 1.86 bits per heavy atom. The normalized spacial score (nSPS) is 11.3. The molecule has 1 nitrogen and oxygen atoms in total. The van der Waals surface area contributed by atoms with Gasteiger partial charge in [-0.05, 0) is 69.1 Å². The van der Waals surface area contributed by atoms with Gasteiger partial charge in [0.1, 0.15) is 0 Å². The Morgan fingerprint density at radius 1 is 0.607 bits per heavy atom. The molecule has 6 rings (SSSR count). The number of hydrogen-bond acceptors (Lipinski definition) is 1. The smallest absolute Gasteiger partial charge is 0 e. The first-order chi connectivity index (χ1) is 13.3. The van der Waals surface area contributed by atoms with E-state index in [0.717, 1.165) is 11.1 Å². The van der Waals surface area contributed by atoms with E-state index in [2.05, 4.69) is 79.1 Å². The molecule has 5 aromatic carbocycles. The second-order valence-corrected chi connectivity index (χ2v) is 6.97. The number of furan rings is 1. The van der Waals surface area contributed by atoms with Crippen LogP contribution in [0, 0.1) is 12.3 Å². The van der Waals surface area contributed by atoms with Crippen LogP contribution < -0.4 is 0 Å². The molecule has 6 aromatic rings. The zero-order chi connectivity index (χ0) is 17.8. The molecular weight excluding hydrogens is 417 g/mol. The van der Waals surface area contributed by atoms with Gasteiger partial charge in [-0.25, -0.2) is 5.56 Å². The van der Waals surface area contributed by atoms with Crippen LogP contribution in [-0.4, -0.2) is 0 Å². The van der Waals surface area contributed by atoms with Crippen molar-refractivity contribution in [3.63, 3.8) is 0 Å². The van der Waals surface area contributed by atoms with Gasteiger partial charge in [0.15, 0.2) is 0 Å². The minimum absolute atomic E-state index is 0. The van der Waals surface area contributed by atoms with Crippen molar-refractivity contribution < 1.29 is 37.1 Å². The zero-order valence-electron chi connectivity index (χ0n) is 15.1. The van der Waals surface area contributed by atoms with Gasteiger partial charge in [-0.1, -0.05) is 36.4 Å². The fourth-order valence-corrected chi connectivity index (χ4v) is 4.00. The zero-order valence-corrected chi connectivity index (χ0v) is 17.9. The minimum Gasteiger partial charge on any atom is -0.576 e. The molecule has 0 aliphatic heterocycles. The van der Waals surface area contributed by atoms with E-state index < -0.39 is 0 Å². The molecule has 0 N–H and O–H groups in total. The van der Waals surface area contributed by atoms with Crippen LogP contribution in [0.4, 0.5) is 0 Å². The number of rotatable bonds is 1. The third-order valence-electron chi connectivity index (χ3n) is 5.33. The van der Waals surface area contributed by atoms with Crippen molar-refractivity contribution in [1.82, 2.24) is 0 Å². The molecule has 1 radical (unpaired) electrons. The number of fused-ring (bicyclic) bond motifs is 4. The average Bonchev–Trinajstić information content (AvgIpc) is 3.23. The summed E-state index contributed by atoms with van der Waals surface area (Å²) >= 11 is 0. The van der Waals surface area contributed by atoms with Crippen LogP contribution >= 0.6 is 0 Å². The van der Waals surface area contributed by atoms with E-state index in [0.29, 0.717) is 0 Å². The summed E-state index contributed by atoms with van der Waals surface area (Å²) in [4.78, 5) is 0. The van der Waals surface area contributed by atoms with Crippen molar-refractivity contribution in [2.45, 2.75) is 0 Å². The first kappa shape index (κ1) is 17.6. The molecule has 1 aromatic heterocycles. The van der Waals surface area contributed by atoms with E-state index in [1.54, 1.807) is 6.26 Å². The number of benzene rings is 5. The predicted octanol–water partition coefficient (Wildman–Crippen LogP) is 7.16. The van der Waals surface area contributed by atoms with Gasteiger partial charge in [-0.3, -0.25) is 0 Å². The van der Waals surface area contributed by atoms with E-state index in [9.17, 15) is 0 Å². The molecule has 0 bridgehead atoms. The van der Waals surface area contributed by atoms with Crippen LogP contribution in [0.3, 0.4) is 0 Å². The third-order valence-corrected chi connectivity index (χ3v) is 5.33. The molecule has 129 valence electrons. The fraction of sp³-hybridized carbons (Fsp3) is 0. The van der Waals surface area contributed by atoms with Crippen molar-refractivity contribution in [2.24, 2.45) is 0 Å². The predicted molar refractivity (Wildman–Crippen MR) is 112 cm³/mol. The Balaban J connectivity index is 0.00000171. The standard InChI is InChI=1S/C26H14O.Y/c1-2-5-18-11-22-14-24-15-26-19(6-3-7-25(26)20-8-9-27-16-20)12-23(24)13-21(22)10-17(18)4-1;/h1-6,8-15H;/q-2;. The molecule has 0 fully saturated rings. The van der Waals surface area contributed by atoms with Crippen LogP contribution in [0.5, 0.6) is 0 Å². The molecular formula is C26H14OY-2. The van der Waals surface area contributed by atoms with Crippen LogP contribution in [0.25, 0.3) is 54.2 Å². The summed E-state index contributed by atoms with van der Waals surface area (Å²) in [5, 5.41) is 9.93. The van der Waals surface area contributed by atoms with Crippen molar-refractivity contribution in [3.05, 3.63) is 97.5 Å². The number of hydrogen-bond donors (Lipinski definition) is 0. The minimum atomic E-state index is 0. The molecule has 0 aliphatic carbocycles. The summed E-state index contributed by atoms with van der Waals surface area (Å²) in [5.74, 6) is 0. The Bertz CT molecular complexity index is 1460. The van der Waals surface area contributed by atoms with Crippen molar-refractivity contribution in [1.29, 1.82) is 0 Å². The Hall–Kier alpha value is -2.48. The second-order valence-electron chi connectivity index (χ2n) is 6.97. The maximum absolute atomic E-state index is 5.16. The topological polar surface area (TPSA) is 13.1 Å². The molecule has 0 aliphatic rings. The van der Waals surface area contributed by atoms with Gasteiger partial charge in [0.2, 0.25) is 0 Å². The van der Waals surface area contributed by atoms with Gasteiger partial charge in [0.05, 0.1) is 0 Å². The van der Waals surface area contributed by atoms with Gasteiger partial charge >= 0.3 is 0 Å². The average molecular weight is 431 g/mol. The summed E-state index contributed by atoms with van der Waals surface area (Å²) in [5.41, 5.74) is 1.97. The van der Waals surface area contributed by atoms with Crippen LogP contribution in [0.2, 0.25) is 0 Å². The van der Waals surface area contributed by atoms with E-state index in [-0.39, 0.29) is 32.7 Å². The summed E-state index contributed by atoms with van der Waals surface area (Å²) in [6, 6.07) is 31.5. The third kappa shape index (κ3) is 2.78. The largest absolute Gasteiger partial charge is 0.576 e. The second kappa shape index (κ2) is 6.85.